The van der Waals surface area contributed by atoms with Crippen molar-refractivity contribution in [1.29, 1.82) is 0 Å². The van der Waals surface area contributed by atoms with Crippen LogP contribution >= 0.6 is 11.5 Å². The molecule has 3 N–H and O–H groups in total. The van der Waals surface area contributed by atoms with E-state index in [1.807, 2.05) is 6.07 Å². The van der Waals surface area contributed by atoms with Gasteiger partial charge in [-0.2, -0.15) is 4.37 Å². The lowest BCUT2D eigenvalue weighted by molar-refractivity contribution is 0.0954. The minimum absolute atomic E-state index is 0.282. The van der Waals surface area contributed by atoms with Crippen molar-refractivity contribution in [3.63, 3.8) is 0 Å². The molecule has 0 aliphatic rings. The molecule has 1 aromatic carbocycles. The van der Waals surface area contributed by atoms with Crippen LogP contribution in [0.1, 0.15) is 10.4 Å². The molecule has 4 nitrogen and oxygen atoms in total. The standard InChI is InChI=1S/C8H7N3OS/c9-11-8(12)5-1-2-6-4-10-13-7(6)3-5/h1-4H,9H2,(H,11,12). The summed E-state index contributed by atoms with van der Waals surface area (Å²) in [6.45, 7) is 0. The predicted molar refractivity (Wildman–Crippen MR) is 51.3 cm³/mol. The molecule has 0 spiro atoms. The van der Waals surface area contributed by atoms with Crippen LogP contribution in [-0.4, -0.2) is 10.3 Å². The van der Waals surface area contributed by atoms with Gasteiger partial charge in [0.1, 0.15) is 0 Å². The molecule has 2 rings (SSSR count). The van der Waals surface area contributed by atoms with Crippen LogP contribution < -0.4 is 11.3 Å². The van der Waals surface area contributed by atoms with Crippen LogP contribution in [0.15, 0.2) is 24.4 Å². The monoisotopic (exact) mass is 193 g/mol. The zero-order chi connectivity index (χ0) is 9.26. The highest BCUT2D eigenvalue weighted by Gasteiger charge is 2.04. The molecule has 0 saturated carbocycles. The topological polar surface area (TPSA) is 68.0 Å². The van der Waals surface area contributed by atoms with Crippen molar-refractivity contribution in [3.8, 4) is 0 Å². The Morgan fingerprint density at radius 3 is 3.15 bits per heavy atom. The Balaban J connectivity index is 2.54. The molecule has 0 bridgehead atoms. The summed E-state index contributed by atoms with van der Waals surface area (Å²) in [5, 5.41) is 1.04. The van der Waals surface area contributed by atoms with E-state index in [-0.39, 0.29) is 5.91 Å². The number of nitrogen functional groups attached to an aromatic ring is 1. The van der Waals surface area contributed by atoms with Crippen LogP contribution in [0.4, 0.5) is 0 Å². The van der Waals surface area contributed by atoms with Gasteiger partial charge in [0.25, 0.3) is 5.91 Å². The van der Waals surface area contributed by atoms with Gasteiger partial charge >= 0.3 is 0 Å². The fourth-order valence-corrected chi connectivity index (χ4v) is 1.77. The molecule has 1 aromatic heterocycles. The van der Waals surface area contributed by atoms with Crippen LogP contribution in [0.5, 0.6) is 0 Å². The maximum atomic E-state index is 11.1. The fraction of sp³-hybridized carbons (Fsp3) is 0. The Morgan fingerprint density at radius 2 is 2.38 bits per heavy atom. The molecule has 0 atom stereocenters. The van der Waals surface area contributed by atoms with Crippen molar-refractivity contribution in [2.24, 2.45) is 5.84 Å². The van der Waals surface area contributed by atoms with Gasteiger partial charge in [0.2, 0.25) is 0 Å². The number of benzene rings is 1. The van der Waals surface area contributed by atoms with Crippen LogP contribution in [0.2, 0.25) is 0 Å². The zero-order valence-electron chi connectivity index (χ0n) is 6.65. The summed E-state index contributed by atoms with van der Waals surface area (Å²) in [4.78, 5) is 11.1. The lowest BCUT2D eigenvalue weighted by atomic mass is 10.2. The van der Waals surface area contributed by atoms with Gasteiger partial charge in [-0.1, -0.05) is 6.07 Å². The molecule has 0 unspecified atom stereocenters. The van der Waals surface area contributed by atoms with E-state index in [0.29, 0.717) is 5.56 Å². The van der Waals surface area contributed by atoms with Crippen LogP contribution in [0.25, 0.3) is 10.1 Å². The first-order valence-corrected chi connectivity index (χ1v) is 4.44. The first-order valence-electron chi connectivity index (χ1n) is 3.66. The number of fused-ring (bicyclic) bond motifs is 1. The molecular formula is C8H7N3OS. The third-order valence-corrected chi connectivity index (χ3v) is 2.51. The van der Waals surface area contributed by atoms with E-state index in [9.17, 15) is 4.79 Å². The van der Waals surface area contributed by atoms with Crippen molar-refractivity contribution in [3.05, 3.63) is 30.0 Å². The Kier molecular flexibility index (Phi) is 1.96. The van der Waals surface area contributed by atoms with Crippen molar-refractivity contribution in [1.82, 2.24) is 9.80 Å². The molecule has 0 radical (unpaired) electrons. The number of hydrogen-bond acceptors (Lipinski definition) is 4. The first-order chi connectivity index (χ1) is 6.31. The number of nitrogens with two attached hydrogens (primary N) is 1. The molecular weight excluding hydrogens is 186 g/mol. The van der Waals surface area contributed by atoms with Gasteiger partial charge in [-0.05, 0) is 23.7 Å². The molecule has 5 heteroatoms. The molecule has 66 valence electrons. The molecule has 0 fully saturated rings. The summed E-state index contributed by atoms with van der Waals surface area (Å²) in [6, 6.07) is 5.34. The molecule has 0 aliphatic heterocycles. The minimum atomic E-state index is -0.282. The van der Waals surface area contributed by atoms with E-state index >= 15 is 0 Å². The normalized spacial score (nSPS) is 10.2. The van der Waals surface area contributed by atoms with Crippen molar-refractivity contribution < 1.29 is 4.79 Å². The number of aromatic nitrogens is 1. The number of nitrogens with one attached hydrogen (secondary N) is 1. The smallest absolute Gasteiger partial charge is 0.265 e. The second kappa shape index (κ2) is 3.12. The van der Waals surface area contributed by atoms with E-state index < -0.39 is 0 Å². The van der Waals surface area contributed by atoms with Crippen LogP contribution in [0, 0.1) is 0 Å². The summed E-state index contributed by atoms with van der Waals surface area (Å²) < 4.78 is 4.99. The number of hydrazine groups is 1. The second-order valence-corrected chi connectivity index (χ2v) is 3.39. The van der Waals surface area contributed by atoms with Gasteiger partial charge in [-0.15, -0.1) is 0 Å². The summed E-state index contributed by atoms with van der Waals surface area (Å²) in [5.74, 6) is 4.73. The lowest BCUT2D eigenvalue weighted by Crippen LogP contribution is -2.29. The summed E-state index contributed by atoms with van der Waals surface area (Å²) in [5.41, 5.74) is 2.64. The lowest BCUT2D eigenvalue weighted by Gasteiger charge is -1.97. The summed E-state index contributed by atoms with van der Waals surface area (Å²) in [6.07, 6.45) is 1.77. The Hall–Kier alpha value is -1.46. The molecule has 13 heavy (non-hydrogen) atoms. The van der Waals surface area contributed by atoms with Gasteiger partial charge < -0.3 is 0 Å². The Bertz CT molecular complexity index is 451. The third kappa shape index (κ3) is 1.39. The SMILES string of the molecule is NNC(=O)c1ccc2cnsc2c1. The van der Waals surface area contributed by atoms with Crippen LogP contribution in [0.3, 0.4) is 0 Å². The summed E-state index contributed by atoms with van der Waals surface area (Å²) >= 11 is 1.36. The van der Waals surface area contributed by atoms with Crippen molar-refractivity contribution in [2.75, 3.05) is 0 Å². The highest BCUT2D eigenvalue weighted by Crippen LogP contribution is 2.19. The zero-order valence-corrected chi connectivity index (χ0v) is 7.47. The molecule has 1 amide bonds. The average Bonchev–Trinajstić information content (AvgIpc) is 2.63. The summed E-state index contributed by atoms with van der Waals surface area (Å²) in [7, 11) is 0. The maximum Gasteiger partial charge on any atom is 0.265 e. The predicted octanol–water partition coefficient (Wildman–Crippen LogP) is 0.900. The highest BCUT2D eigenvalue weighted by atomic mass is 32.1. The Morgan fingerprint density at radius 1 is 1.54 bits per heavy atom. The third-order valence-electron chi connectivity index (χ3n) is 1.75. The second-order valence-electron chi connectivity index (χ2n) is 2.55. The number of nitrogens with zero attached hydrogens (tertiary/aromatic N) is 1. The average molecular weight is 193 g/mol. The van der Waals surface area contributed by atoms with E-state index in [4.69, 9.17) is 5.84 Å². The molecule has 0 saturated heterocycles. The van der Waals surface area contributed by atoms with Crippen molar-refractivity contribution in [2.45, 2.75) is 0 Å². The van der Waals surface area contributed by atoms with Gasteiger partial charge in [-0.3, -0.25) is 10.2 Å². The molecule has 0 aliphatic carbocycles. The van der Waals surface area contributed by atoms with E-state index in [1.165, 1.54) is 11.5 Å². The van der Waals surface area contributed by atoms with E-state index in [2.05, 4.69) is 9.80 Å². The minimum Gasteiger partial charge on any atom is -0.290 e. The number of carbonyl (C=O) groups excluding carboxylic acids is 1. The number of carbonyl (C=O) groups is 1. The largest absolute Gasteiger partial charge is 0.290 e. The van der Waals surface area contributed by atoms with Gasteiger partial charge in [0.15, 0.2) is 0 Å². The highest BCUT2D eigenvalue weighted by molar-refractivity contribution is 7.13. The van der Waals surface area contributed by atoms with Crippen LogP contribution in [-0.2, 0) is 0 Å². The molecule has 1 heterocycles. The van der Waals surface area contributed by atoms with E-state index in [0.717, 1.165) is 10.1 Å². The first kappa shape index (κ1) is 8.15. The Labute approximate surface area is 78.5 Å². The number of amides is 1. The number of rotatable bonds is 1. The van der Waals surface area contributed by atoms with Gasteiger partial charge in [0.05, 0.1) is 4.70 Å². The van der Waals surface area contributed by atoms with Crippen molar-refractivity contribution >= 4 is 27.5 Å². The quantitative estimate of drug-likeness (QED) is 0.401. The maximum absolute atomic E-state index is 11.1. The molecule has 2 aromatic rings. The van der Waals surface area contributed by atoms with Gasteiger partial charge in [0, 0.05) is 17.1 Å². The van der Waals surface area contributed by atoms with Gasteiger partial charge in [-0.25, -0.2) is 5.84 Å². The van der Waals surface area contributed by atoms with E-state index in [1.54, 1.807) is 18.3 Å². The fourth-order valence-electron chi connectivity index (χ4n) is 1.08. The number of hydrogen-bond donors (Lipinski definition) is 2.